The summed E-state index contributed by atoms with van der Waals surface area (Å²) in [6.07, 6.45) is 2.37. The number of rotatable bonds is 10. The summed E-state index contributed by atoms with van der Waals surface area (Å²) < 4.78 is 28.2. The minimum absolute atomic E-state index is 0. The second-order valence-electron chi connectivity index (χ2n) is 9.26. The van der Waals surface area contributed by atoms with Gasteiger partial charge < -0.3 is 10.4 Å². The van der Waals surface area contributed by atoms with E-state index < -0.39 is 16.0 Å². The SMILES string of the molecule is CC(C)(C)Cc1ccc(CN(Cc2cccc(NCC(=O)O)n2)S(=O)(=O)c2ccccn2)cc1.Cl. The minimum Gasteiger partial charge on any atom is -0.480 e. The van der Waals surface area contributed by atoms with Crippen LogP contribution in [0.25, 0.3) is 0 Å². The van der Waals surface area contributed by atoms with Gasteiger partial charge in [-0.15, -0.1) is 12.4 Å². The van der Waals surface area contributed by atoms with E-state index in [1.165, 1.54) is 22.1 Å². The van der Waals surface area contributed by atoms with Crippen LogP contribution in [0, 0.1) is 5.41 Å². The zero-order valence-electron chi connectivity index (χ0n) is 20.0. The van der Waals surface area contributed by atoms with E-state index in [0.717, 1.165) is 12.0 Å². The van der Waals surface area contributed by atoms with Gasteiger partial charge in [-0.05, 0) is 47.2 Å². The minimum atomic E-state index is -3.91. The predicted molar refractivity (Wildman–Crippen MR) is 138 cm³/mol. The standard InChI is InChI=1S/C25H30N4O4S.ClH/c1-25(2,3)15-19-10-12-20(13-11-19)17-29(34(32,33)23-9-4-5-14-26-23)18-21-7-6-8-22(28-21)27-16-24(30)31;/h4-14H,15-18H2,1-3H3,(H,27,28)(H,30,31);1H. The number of anilines is 1. The molecule has 1 aromatic carbocycles. The Hall–Kier alpha value is -3.01. The van der Waals surface area contributed by atoms with Crippen molar-refractivity contribution in [3.63, 3.8) is 0 Å². The van der Waals surface area contributed by atoms with E-state index >= 15 is 0 Å². The van der Waals surface area contributed by atoms with Crippen LogP contribution in [0.3, 0.4) is 0 Å². The van der Waals surface area contributed by atoms with Gasteiger partial charge >= 0.3 is 5.97 Å². The highest BCUT2D eigenvalue weighted by Crippen LogP contribution is 2.23. The summed E-state index contributed by atoms with van der Waals surface area (Å²) in [6.45, 7) is 6.39. The van der Waals surface area contributed by atoms with Gasteiger partial charge in [-0.25, -0.2) is 18.4 Å². The fourth-order valence-corrected chi connectivity index (χ4v) is 4.78. The normalized spacial score (nSPS) is 11.7. The van der Waals surface area contributed by atoms with Crippen LogP contribution in [0.4, 0.5) is 5.82 Å². The third kappa shape index (κ3) is 8.61. The van der Waals surface area contributed by atoms with Crippen LogP contribution in [0.15, 0.2) is 71.9 Å². The van der Waals surface area contributed by atoms with Gasteiger partial charge in [0.1, 0.15) is 12.4 Å². The van der Waals surface area contributed by atoms with Crippen molar-refractivity contribution in [1.29, 1.82) is 0 Å². The highest BCUT2D eigenvalue weighted by Gasteiger charge is 2.26. The highest BCUT2D eigenvalue weighted by atomic mass is 35.5. The summed E-state index contributed by atoms with van der Waals surface area (Å²) in [7, 11) is -3.91. The number of carboxylic acid groups (broad SMARTS) is 1. The fourth-order valence-electron chi connectivity index (χ4n) is 3.45. The van der Waals surface area contributed by atoms with Crippen molar-refractivity contribution in [2.75, 3.05) is 11.9 Å². The molecule has 0 aliphatic heterocycles. The van der Waals surface area contributed by atoms with Gasteiger partial charge in [0.2, 0.25) is 0 Å². The van der Waals surface area contributed by atoms with Gasteiger partial charge in [-0.2, -0.15) is 4.31 Å². The van der Waals surface area contributed by atoms with Crippen LogP contribution in [-0.2, 0) is 34.3 Å². The van der Waals surface area contributed by atoms with E-state index in [4.69, 9.17) is 5.11 Å². The van der Waals surface area contributed by atoms with E-state index in [0.29, 0.717) is 11.5 Å². The molecule has 2 aromatic heterocycles. The lowest BCUT2D eigenvalue weighted by Crippen LogP contribution is -2.31. The number of aliphatic carboxylic acids is 1. The average molecular weight is 519 g/mol. The molecule has 2 N–H and O–H groups in total. The molecule has 0 spiro atoms. The second kappa shape index (κ2) is 12.1. The lowest BCUT2D eigenvalue weighted by molar-refractivity contribution is -0.134. The molecule has 35 heavy (non-hydrogen) atoms. The number of nitrogens with zero attached hydrogens (tertiary/aromatic N) is 3. The van der Waals surface area contributed by atoms with Crippen LogP contribution in [0.5, 0.6) is 0 Å². The van der Waals surface area contributed by atoms with Crippen molar-refractivity contribution >= 4 is 34.2 Å². The number of hydrogen-bond acceptors (Lipinski definition) is 6. The second-order valence-corrected chi connectivity index (χ2v) is 11.1. The van der Waals surface area contributed by atoms with Crippen molar-refractivity contribution in [2.24, 2.45) is 5.41 Å². The van der Waals surface area contributed by atoms with Crippen molar-refractivity contribution in [3.05, 3.63) is 83.7 Å². The number of carbonyl (C=O) groups is 1. The summed E-state index contributed by atoms with van der Waals surface area (Å²) >= 11 is 0. The Morgan fingerprint density at radius 1 is 0.971 bits per heavy atom. The molecule has 0 unspecified atom stereocenters. The molecule has 3 rings (SSSR count). The molecule has 0 radical (unpaired) electrons. The Bertz CT molecular complexity index is 1210. The topological polar surface area (TPSA) is 112 Å². The number of carboxylic acids is 1. The number of sulfonamides is 1. The van der Waals surface area contributed by atoms with Crippen molar-refractivity contribution in [1.82, 2.24) is 14.3 Å². The van der Waals surface area contributed by atoms with E-state index in [-0.39, 0.29) is 42.5 Å². The smallest absolute Gasteiger partial charge is 0.322 e. The first-order chi connectivity index (χ1) is 16.0. The maximum atomic E-state index is 13.4. The molecule has 188 valence electrons. The molecule has 2 heterocycles. The molecule has 0 aliphatic rings. The van der Waals surface area contributed by atoms with Crippen LogP contribution >= 0.6 is 12.4 Å². The first kappa shape index (κ1) is 28.2. The lowest BCUT2D eigenvalue weighted by atomic mass is 9.88. The van der Waals surface area contributed by atoms with Crippen LogP contribution in [0.1, 0.15) is 37.6 Å². The maximum absolute atomic E-state index is 13.4. The number of nitrogens with one attached hydrogen (secondary N) is 1. The van der Waals surface area contributed by atoms with Crippen molar-refractivity contribution in [3.8, 4) is 0 Å². The summed E-state index contributed by atoms with van der Waals surface area (Å²) in [5.41, 5.74) is 2.67. The monoisotopic (exact) mass is 518 g/mol. The van der Waals surface area contributed by atoms with E-state index in [1.807, 2.05) is 24.3 Å². The first-order valence-corrected chi connectivity index (χ1v) is 12.4. The van der Waals surface area contributed by atoms with E-state index in [2.05, 4.69) is 36.1 Å². The Morgan fingerprint density at radius 2 is 1.66 bits per heavy atom. The molecule has 0 bridgehead atoms. The van der Waals surface area contributed by atoms with E-state index in [9.17, 15) is 13.2 Å². The largest absolute Gasteiger partial charge is 0.480 e. The molecule has 8 nitrogen and oxygen atoms in total. The Morgan fingerprint density at radius 3 is 2.26 bits per heavy atom. The Balaban J connectivity index is 0.00000432. The molecular weight excluding hydrogens is 488 g/mol. The quantitative estimate of drug-likeness (QED) is 0.409. The molecule has 0 saturated heterocycles. The molecule has 0 amide bonds. The molecule has 0 fully saturated rings. The Kier molecular flexibility index (Phi) is 9.76. The molecule has 0 aliphatic carbocycles. The zero-order valence-corrected chi connectivity index (χ0v) is 21.6. The number of aromatic nitrogens is 2. The molecule has 0 saturated carbocycles. The lowest BCUT2D eigenvalue weighted by Gasteiger charge is -2.22. The Labute approximate surface area is 212 Å². The van der Waals surface area contributed by atoms with Gasteiger partial charge in [0, 0.05) is 12.7 Å². The molecule has 0 atom stereocenters. The molecule has 10 heteroatoms. The van der Waals surface area contributed by atoms with Crippen LogP contribution in [0.2, 0.25) is 0 Å². The summed E-state index contributed by atoms with van der Waals surface area (Å²) in [6, 6.07) is 17.8. The van der Waals surface area contributed by atoms with Crippen molar-refractivity contribution < 1.29 is 18.3 Å². The van der Waals surface area contributed by atoms with Crippen LogP contribution < -0.4 is 5.32 Å². The van der Waals surface area contributed by atoms with Gasteiger partial charge in [0.25, 0.3) is 10.0 Å². The number of halogens is 1. The van der Waals surface area contributed by atoms with Crippen molar-refractivity contribution in [2.45, 2.75) is 45.3 Å². The third-order valence-corrected chi connectivity index (χ3v) is 6.63. The average Bonchev–Trinajstić information content (AvgIpc) is 2.78. The first-order valence-electron chi connectivity index (χ1n) is 10.9. The number of hydrogen-bond donors (Lipinski definition) is 2. The van der Waals surface area contributed by atoms with Gasteiger partial charge in [-0.1, -0.05) is 57.2 Å². The highest BCUT2D eigenvalue weighted by molar-refractivity contribution is 7.89. The van der Waals surface area contributed by atoms with Gasteiger partial charge in [0.15, 0.2) is 5.03 Å². The summed E-state index contributed by atoms with van der Waals surface area (Å²) in [5.74, 6) is -0.650. The summed E-state index contributed by atoms with van der Waals surface area (Å²) in [5, 5.41) is 11.6. The van der Waals surface area contributed by atoms with E-state index in [1.54, 1.807) is 30.3 Å². The van der Waals surface area contributed by atoms with Gasteiger partial charge in [-0.3, -0.25) is 4.79 Å². The summed E-state index contributed by atoms with van der Waals surface area (Å²) in [4.78, 5) is 19.3. The molecule has 3 aromatic rings. The number of pyridine rings is 2. The maximum Gasteiger partial charge on any atom is 0.322 e. The molecular formula is C25H31ClN4O4S. The zero-order chi connectivity index (χ0) is 24.8. The number of benzene rings is 1. The van der Waals surface area contributed by atoms with Crippen LogP contribution in [-0.4, -0.2) is 40.3 Å². The third-order valence-electron chi connectivity index (χ3n) is 4.92. The van der Waals surface area contributed by atoms with Gasteiger partial charge in [0.05, 0.1) is 12.2 Å². The predicted octanol–water partition coefficient (Wildman–Crippen LogP) is 4.37. The fraction of sp³-hybridized carbons (Fsp3) is 0.320.